The van der Waals surface area contributed by atoms with Crippen LogP contribution in [0.25, 0.3) is 11.3 Å². The number of ketones is 1. The first-order valence-electron chi connectivity index (χ1n) is 10.5. The number of aromatic nitrogens is 2. The summed E-state index contributed by atoms with van der Waals surface area (Å²) < 4.78 is 5.83. The van der Waals surface area contributed by atoms with Crippen molar-refractivity contribution < 1.29 is 14.6 Å². The van der Waals surface area contributed by atoms with E-state index in [4.69, 9.17) is 16.3 Å². The number of amidine groups is 1. The highest BCUT2D eigenvalue weighted by atomic mass is 16.5. The number of carbonyl (C=O) groups excluding carboxylic acids is 1. The first-order chi connectivity index (χ1) is 15.6. The number of phenols is 1. The summed E-state index contributed by atoms with van der Waals surface area (Å²) >= 11 is 0. The maximum atomic E-state index is 12.5. The molecule has 1 aromatic heterocycles. The van der Waals surface area contributed by atoms with Crippen molar-refractivity contribution >= 4 is 11.6 Å². The number of Topliss-reactive ketones (excluding diaryl/α,β-unsaturated/α-hetero) is 1. The average Bonchev–Trinajstić information content (AvgIpc) is 2.78. The van der Waals surface area contributed by atoms with Crippen LogP contribution in [0, 0.1) is 12.3 Å². The van der Waals surface area contributed by atoms with E-state index in [2.05, 4.69) is 15.1 Å². The highest BCUT2D eigenvalue weighted by molar-refractivity contribution is 5.99. The van der Waals surface area contributed by atoms with E-state index in [1.807, 2.05) is 45.0 Å². The third-order valence-electron chi connectivity index (χ3n) is 5.05. The summed E-state index contributed by atoms with van der Waals surface area (Å²) in [5, 5.41) is 14.0. The number of nitrogens with two attached hydrogens (primary N) is 2. The molecule has 0 unspecified atom stereocenters. The molecule has 3 aromatic rings. The molecule has 0 aliphatic heterocycles. The van der Waals surface area contributed by atoms with Crippen LogP contribution in [-0.2, 0) is 6.61 Å². The lowest BCUT2D eigenvalue weighted by Crippen LogP contribution is -2.15. The molecule has 8 nitrogen and oxygen atoms in total. The van der Waals surface area contributed by atoms with E-state index >= 15 is 0 Å². The van der Waals surface area contributed by atoms with Gasteiger partial charge in [-0.05, 0) is 30.5 Å². The Kier molecular flexibility index (Phi) is 6.96. The number of aromatic hydroxyl groups is 1. The average molecular weight is 448 g/mol. The Hall–Kier alpha value is -3.94. The smallest absolute Gasteiger partial charge is 0.167 e. The van der Waals surface area contributed by atoms with Crippen molar-refractivity contribution in [2.75, 3.05) is 0 Å². The van der Waals surface area contributed by atoms with E-state index in [0.29, 0.717) is 40.2 Å². The van der Waals surface area contributed by atoms with Gasteiger partial charge in [-0.3, -0.25) is 14.8 Å². The molecule has 0 saturated heterocycles. The summed E-state index contributed by atoms with van der Waals surface area (Å²) in [5.41, 5.74) is 9.23. The number of phenolic OH excluding ortho intramolecular Hbond substituents is 1. The standard InChI is InChI=1S/C25H29N5O3/c1-15-22(9-8-19(23(15)32)21(31)11-25(2,3)4)33-14-18-12-29-20(13-28-18)16-6-5-7-17(10-16)24(26)30-27/h5-10,12-13,32H,11,14,27H2,1-4H3,(H2,26,30). The molecule has 33 heavy (non-hydrogen) atoms. The zero-order chi connectivity index (χ0) is 24.2. The molecule has 0 aliphatic carbocycles. The molecule has 0 fully saturated rings. The fourth-order valence-corrected chi connectivity index (χ4v) is 3.28. The fourth-order valence-electron chi connectivity index (χ4n) is 3.28. The van der Waals surface area contributed by atoms with Crippen LogP contribution in [-0.4, -0.2) is 26.7 Å². The Balaban J connectivity index is 1.71. The first kappa shape index (κ1) is 23.7. The van der Waals surface area contributed by atoms with Crippen LogP contribution in [0.3, 0.4) is 0 Å². The number of rotatable bonds is 7. The Morgan fingerprint density at radius 2 is 1.91 bits per heavy atom. The first-order valence-corrected chi connectivity index (χ1v) is 10.5. The third kappa shape index (κ3) is 5.85. The van der Waals surface area contributed by atoms with Gasteiger partial charge in [0, 0.05) is 23.1 Å². The summed E-state index contributed by atoms with van der Waals surface area (Å²) in [6, 6.07) is 10.7. The van der Waals surface area contributed by atoms with Crippen molar-refractivity contribution in [1.82, 2.24) is 9.97 Å². The molecule has 2 aromatic carbocycles. The minimum atomic E-state index is -0.163. The van der Waals surface area contributed by atoms with E-state index in [1.54, 1.807) is 31.5 Å². The van der Waals surface area contributed by atoms with Gasteiger partial charge in [0.2, 0.25) is 0 Å². The van der Waals surface area contributed by atoms with Crippen molar-refractivity contribution in [3.8, 4) is 22.8 Å². The van der Waals surface area contributed by atoms with Crippen molar-refractivity contribution in [1.29, 1.82) is 0 Å². The second-order valence-corrected chi connectivity index (χ2v) is 9.02. The van der Waals surface area contributed by atoms with Crippen LogP contribution in [0.2, 0.25) is 0 Å². The normalized spacial score (nSPS) is 11.9. The minimum absolute atomic E-state index is 0.0524. The van der Waals surface area contributed by atoms with Gasteiger partial charge in [0.05, 0.1) is 29.3 Å². The van der Waals surface area contributed by atoms with Gasteiger partial charge in [0.25, 0.3) is 0 Å². The van der Waals surface area contributed by atoms with Gasteiger partial charge in [0.1, 0.15) is 23.9 Å². The second kappa shape index (κ2) is 9.68. The lowest BCUT2D eigenvalue weighted by Gasteiger charge is -2.18. The highest BCUT2D eigenvalue weighted by Gasteiger charge is 2.21. The molecule has 1 heterocycles. The molecule has 3 rings (SSSR count). The summed E-state index contributed by atoms with van der Waals surface area (Å²) in [7, 11) is 0. The number of ether oxygens (including phenoxy) is 1. The molecule has 8 heteroatoms. The zero-order valence-electron chi connectivity index (χ0n) is 19.3. The molecular weight excluding hydrogens is 418 g/mol. The number of carbonyl (C=O) groups is 1. The molecule has 0 amide bonds. The predicted molar refractivity (Wildman–Crippen MR) is 128 cm³/mol. The van der Waals surface area contributed by atoms with E-state index < -0.39 is 0 Å². The molecule has 5 N–H and O–H groups in total. The number of nitrogens with zero attached hydrogens (tertiary/aromatic N) is 3. The van der Waals surface area contributed by atoms with Crippen LogP contribution in [0.15, 0.2) is 53.9 Å². The van der Waals surface area contributed by atoms with E-state index in [0.717, 1.165) is 5.56 Å². The van der Waals surface area contributed by atoms with E-state index in [9.17, 15) is 9.90 Å². The Morgan fingerprint density at radius 1 is 1.15 bits per heavy atom. The van der Waals surface area contributed by atoms with Crippen LogP contribution < -0.4 is 16.3 Å². The predicted octanol–water partition coefficient (Wildman–Crippen LogP) is 3.93. The van der Waals surface area contributed by atoms with Gasteiger partial charge >= 0.3 is 0 Å². The largest absolute Gasteiger partial charge is 0.507 e. The summed E-state index contributed by atoms with van der Waals surface area (Å²) in [6.07, 6.45) is 3.61. The quantitative estimate of drug-likeness (QED) is 0.164. The van der Waals surface area contributed by atoms with Crippen molar-refractivity contribution in [3.05, 3.63) is 71.2 Å². The molecular formula is C25H29N5O3. The van der Waals surface area contributed by atoms with Gasteiger partial charge in [0.15, 0.2) is 5.78 Å². The van der Waals surface area contributed by atoms with Crippen molar-refractivity contribution in [2.24, 2.45) is 22.1 Å². The monoisotopic (exact) mass is 447 g/mol. The zero-order valence-corrected chi connectivity index (χ0v) is 19.3. The van der Waals surface area contributed by atoms with Crippen LogP contribution in [0.4, 0.5) is 0 Å². The molecule has 172 valence electrons. The maximum absolute atomic E-state index is 12.5. The molecule has 0 spiro atoms. The minimum Gasteiger partial charge on any atom is -0.507 e. The Bertz CT molecular complexity index is 1180. The molecule has 0 radical (unpaired) electrons. The summed E-state index contributed by atoms with van der Waals surface area (Å²) in [6.45, 7) is 7.84. The molecule has 0 saturated carbocycles. The summed E-state index contributed by atoms with van der Waals surface area (Å²) in [5.74, 6) is 5.82. The molecule has 0 bridgehead atoms. The van der Waals surface area contributed by atoms with Gasteiger partial charge < -0.3 is 21.4 Å². The van der Waals surface area contributed by atoms with Gasteiger partial charge in [-0.25, -0.2) is 0 Å². The Labute approximate surface area is 193 Å². The van der Waals surface area contributed by atoms with Gasteiger partial charge in [-0.15, -0.1) is 0 Å². The van der Waals surface area contributed by atoms with Crippen molar-refractivity contribution in [3.63, 3.8) is 0 Å². The second-order valence-electron chi connectivity index (χ2n) is 9.02. The van der Waals surface area contributed by atoms with Gasteiger partial charge in [-0.2, -0.15) is 5.10 Å². The van der Waals surface area contributed by atoms with Crippen LogP contribution in [0.1, 0.15) is 54.4 Å². The number of hydrazone groups is 1. The third-order valence-corrected chi connectivity index (χ3v) is 5.05. The van der Waals surface area contributed by atoms with Crippen LogP contribution >= 0.6 is 0 Å². The molecule has 0 aliphatic rings. The van der Waals surface area contributed by atoms with E-state index in [-0.39, 0.29) is 29.4 Å². The Morgan fingerprint density at radius 3 is 2.55 bits per heavy atom. The number of hydrogen-bond donors (Lipinski definition) is 3. The topological polar surface area (TPSA) is 137 Å². The van der Waals surface area contributed by atoms with Crippen LogP contribution in [0.5, 0.6) is 11.5 Å². The highest BCUT2D eigenvalue weighted by Crippen LogP contribution is 2.33. The lowest BCUT2D eigenvalue weighted by atomic mass is 9.87. The lowest BCUT2D eigenvalue weighted by molar-refractivity contribution is 0.0937. The molecule has 0 atom stereocenters. The SMILES string of the molecule is Cc1c(OCc2cnc(-c3cccc(/C(N)=N/N)c3)cn2)ccc(C(=O)CC(C)(C)C)c1O. The summed E-state index contributed by atoms with van der Waals surface area (Å²) in [4.78, 5) is 21.4. The van der Waals surface area contributed by atoms with Crippen molar-refractivity contribution in [2.45, 2.75) is 40.7 Å². The van der Waals surface area contributed by atoms with Gasteiger partial charge in [-0.1, -0.05) is 39.0 Å². The maximum Gasteiger partial charge on any atom is 0.167 e. The van der Waals surface area contributed by atoms with E-state index in [1.165, 1.54) is 0 Å². The fraction of sp³-hybridized carbons (Fsp3) is 0.280. The number of hydrogen-bond acceptors (Lipinski definition) is 7. The number of benzene rings is 2.